The predicted octanol–water partition coefficient (Wildman–Crippen LogP) is 3.11. The second-order valence-electron chi connectivity index (χ2n) is 8.39. The number of carbonyl (C=O) groups is 1. The first-order valence-corrected chi connectivity index (χ1v) is 10.3. The highest BCUT2D eigenvalue weighted by atomic mass is 16.5. The predicted molar refractivity (Wildman–Crippen MR) is 106 cm³/mol. The number of hydrogen-bond acceptors (Lipinski definition) is 6. The second kappa shape index (κ2) is 8.45. The number of likely N-dealkylation sites (tertiary alicyclic amines) is 1. The molecule has 2 aliphatic rings. The third kappa shape index (κ3) is 5.00. The van der Waals surface area contributed by atoms with E-state index >= 15 is 0 Å². The Morgan fingerprint density at radius 2 is 1.93 bits per heavy atom. The Balaban J connectivity index is 1.19. The Labute approximate surface area is 165 Å². The Bertz CT molecular complexity index is 790. The minimum absolute atomic E-state index is 0.0682. The summed E-state index contributed by atoms with van der Waals surface area (Å²) >= 11 is 0. The van der Waals surface area contributed by atoms with E-state index in [0.29, 0.717) is 24.0 Å². The van der Waals surface area contributed by atoms with Gasteiger partial charge in [0.05, 0.1) is 0 Å². The first kappa shape index (κ1) is 19.2. The summed E-state index contributed by atoms with van der Waals surface area (Å²) in [5.41, 5.74) is 7.96. The number of ketones is 1. The van der Waals surface area contributed by atoms with E-state index in [1.165, 1.54) is 0 Å². The quantitative estimate of drug-likeness (QED) is 0.681. The SMILES string of the molecule is N[C@H](Cc1ccc(O)cc1)CN1CCC(CC(=O)c2cc(C3CC3)on2)CC1. The van der Waals surface area contributed by atoms with Gasteiger partial charge in [0, 0.05) is 31.0 Å². The van der Waals surface area contributed by atoms with Gasteiger partial charge in [-0.25, -0.2) is 0 Å². The van der Waals surface area contributed by atoms with E-state index in [4.69, 9.17) is 10.3 Å². The van der Waals surface area contributed by atoms with Crippen LogP contribution >= 0.6 is 0 Å². The van der Waals surface area contributed by atoms with Crippen molar-refractivity contribution in [3.8, 4) is 5.75 Å². The smallest absolute Gasteiger partial charge is 0.185 e. The third-order valence-corrected chi connectivity index (χ3v) is 5.90. The van der Waals surface area contributed by atoms with Gasteiger partial charge >= 0.3 is 0 Å². The number of nitrogens with zero attached hydrogens (tertiary/aromatic N) is 2. The molecule has 0 spiro atoms. The molecule has 0 unspecified atom stereocenters. The lowest BCUT2D eigenvalue weighted by molar-refractivity contribution is 0.0916. The molecule has 1 aromatic carbocycles. The normalized spacial score (nSPS) is 19.6. The molecule has 28 heavy (non-hydrogen) atoms. The van der Waals surface area contributed by atoms with E-state index < -0.39 is 0 Å². The van der Waals surface area contributed by atoms with Crippen LogP contribution < -0.4 is 5.73 Å². The van der Waals surface area contributed by atoms with Crippen molar-refractivity contribution in [2.24, 2.45) is 11.7 Å². The number of aromatic hydroxyl groups is 1. The van der Waals surface area contributed by atoms with E-state index in [9.17, 15) is 9.90 Å². The van der Waals surface area contributed by atoms with Gasteiger partial charge in [-0.15, -0.1) is 0 Å². The number of hydrogen-bond donors (Lipinski definition) is 2. The van der Waals surface area contributed by atoms with Gasteiger partial charge < -0.3 is 20.3 Å². The van der Waals surface area contributed by atoms with Crippen LogP contribution in [0.3, 0.4) is 0 Å². The zero-order valence-electron chi connectivity index (χ0n) is 16.2. The summed E-state index contributed by atoms with van der Waals surface area (Å²) in [6.45, 7) is 2.82. The Morgan fingerprint density at radius 1 is 1.21 bits per heavy atom. The summed E-state index contributed by atoms with van der Waals surface area (Å²) in [6, 6.07) is 9.16. The van der Waals surface area contributed by atoms with Crippen LogP contribution in [0.25, 0.3) is 0 Å². The molecule has 4 rings (SSSR count). The summed E-state index contributed by atoms with van der Waals surface area (Å²) in [6.07, 6.45) is 5.69. The van der Waals surface area contributed by atoms with Crippen molar-refractivity contribution in [2.75, 3.05) is 19.6 Å². The lowest BCUT2D eigenvalue weighted by atomic mass is 9.90. The molecule has 0 bridgehead atoms. The van der Waals surface area contributed by atoms with Gasteiger partial charge in [0.2, 0.25) is 0 Å². The second-order valence-corrected chi connectivity index (χ2v) is 8.39. The molecule has 1 aromatic heterocycles. The van der Waals surface area contributed by atoms with Crippen molar-refractivity contribution in [1.29, 1.82) is 0 Å². The number of benzene rings is 1. The molecule has 2 heterocycles. The molecule has 1 atom stereocenters. The van der Waals surface area contributed by atoms with Crippen LogP contribution in [0.1, 0.15) is 59.8 Å². The minimum atomic E-state index is 0.0682. The van der Waals surface area contributed by atoms with E-state index in [2.05, 4.69) is 10.1 Å². The van der Waals surface area contributed by atoms with Crippen molar-refractivity contribution >= 4 is 5.78 Å². The van der Waals surface area contributed by atoms with Crippen LogP contribution in [0.4, 0.5) is 0 Å². The highest BCUT2D eigenvalue weighted by molar-refractivity contribution is 5.94. The van der Waals surface area contributed by atoms with Gasteiger partial charge in [-0.2, -0.15) is 0 Å². The van der Waals surface area contributed by atoms with Gasteiger partial charge in [0.15, 0.2) is 5.78 Å². The van der Waals surface area contributed by atoms with Gasteiger partial charge in [-0.1, -0.05) is 17.3 Å². The number of carbonyl (C=O) groups excluding carboxylic acids is 1. The molecule has 0 amide bonds. The van der Waals surface area contributed by atoms with Crippen LogP contribution in [-0.4, -0.2) is 46.6 Å². The van der Waals surface area contributed by atoms with Gasteiger partial charge in [-0.05, 0) is 68.8 Å². The molecule has 1 aliphatic carbocycles. The Morgan fingerprint density at radius 3 is 2.61 bits per heavy atom. The minimum Gasteiger partial charge on any atom is -0.508 e. The highest BCUT2D eigenvalue weighted by Gasteiger charge is 2.30. The van der Waals surface area contributed by atoms with Crippen LogP contribution in [0.15, 0.2) is 34.9 Å². The molecule has 0 radical (unpaired) electrons. The van der Waals surface area contributed by atoms with Crippen molar-refractivity contribution in [2.45, 2.75) is 50.5 Å². The van der Waals surface area contributed by atoms with Crippen LogP contribution in [0, 0.1) is 5.92 Å². The van der Waals surface area contributed by atoms with E-state index in [1.54, 1.807) is 12.1 Å². The number of piperidine rings is 1. The van der Waals surface area contributed by atoms with Crippen molar-refractivity contribution in [3.05, 3.63) is 47.3 Å². The largest absolute Gasteiger partial charge is 0.508 e. The standard InChI is InChI=1S/C22H29N3O3/c23-18(11-15-1-5-19(26)6-2-15)14-25-9-7-16(8-10-25)12-21(27)20-13-22(28-24-20)17-3-4-17/h1-2,5-6,13,16-18,26H,3-4,7-12,14,23H2/t18-/m1/s1. The molecular weight excluding hydrogens is 354 g/mol. The van der Waals surface area contributed by atoms with Crippen LogP contribution in [-0.2, 0) is 6.42 Å². The number of aromatic nitrogens is 1. The molecule has 6 heteroatoms. The topological polar surface area (TPSA) is 92.6 Å². The summed E-state index contributed by atoms with van der Waals surface area (Å²) in [5, 5.41) is 13.3. The number of phenolic OH excluding ortho intramolecular Hbond substituents is 1. The average molecular weight is 383 g/mol. The summed E-state index contributed by atoms with van der Waals surface area (Å²) in [5.74, 6) is 2.17. The van der Waals surface area contributed by atoms with Gasteiger partial charge in [0.1, 0.15) is 17.2 Å². The molecule has 1 saturated carbocycles. The van der Waals surface area contributed by atoms with Crippen molar-refractivity contribution in [3.63, 3.8) is 0 Å². The zero-order valence-corrected chi connectivity index (χ0v) is 16.2. The average Bonchev–Trinajstić information content (AvgIpc) is 3.41. The number of Topliss-reactive ketones (excluding diaryl/α,β-unsaturated/α-hetero) is 1. The fourth-order valence-corrected chi connectivity index (χ4v) is 4.05. The lowest BCUT2D eigenvalue weighted by Crippen LogP contribution is -2.43. The highest BCUT2D eigenvalue weighted by Crippen LogP contribution is 2.40. The number of phenols is 1. The molecule has 1 aliphatic heterocycles. The van der Waals surface area contributed by atoms with E-state index in [-0.39, 0.29) is 17.6 Å². The third-order valence-electron chi connectivity index (χ3n) is 5.90. The Kier molecular flexibility index (Phi) is 5.78. The van der Waals surface area contributed by atoms with E-state index in [1.807, 2.05) is 18.2 Å². The molecule has 3 N–H and O–H groups in total. The molecule has 1 saturated heterocycles. The lowest BCUT2D eigenvalue weighted by Gasteiger charge is -2.33. The number of nitrogens with two attached hydrogens (primary N) is 1. The first-order chi connectivity index (χ1) is 13.6. The molecule has 6 nitrogen and oxygen atoms in total. The maximum atomic E-state index is 12.5. The first-order valence-electron chi connectivity index (χ1n) is 10.3. The monoisotopic (exact) mass is 383 g/mol. The fraction of sp³-hybridized carbons (Fsp3) is 0.545. The van der Waals surface area contributed by atoms with Crippen molar-refractivity contribution in [1.82, 2.24) is 10.1 Å². The molecular formula is C22H29N3O3. The maximum Gasteiger partial charge on any atom is 0.185 e. The zero-order chi connectivity index (χ0) is 19.5. The summed E-state index contributed by atoms with van der Waals surface area (Å²) < 4.78 is 5.31. The molecule has 2 aromatic rings. The summed E-state index contributed by atoms with van der Waals surface area (Å²) in [4.78, 5) is 14.9. The van der Waals surface area contributed by atoms with Gasteiger partial charge in [-0.3, -0.25) is 4.79 Å². The van der Waals surface area contributed by atoms with Crippen LogP contribution in [0.5, 0.6) is 5.75 Å². The van der Waals surface area contributed by atoms with Crippen LogP contribution in [0.2, 0.25) is 0 Å². The maximum absolute atomic E-state index is 12.5. The summed E-state index contributed by atoms with van der Waals surface area (Å²) in [7, 11) is 0. The molecule has 150 valence electrons. The molecule has 2 fully saturated rings. The fourth-order valence-electron chi connectivity index (χ4n) is 4.05. The Hall–Kier alpha value is -2.18. The van der Waals surface area contributed by atoms with E-state index in [0.717, 1.165) is 63.1 Å². The number of rotatable bonds is 8. The van der Waals surface area contributed by atoms with Gasteiger partial charge in [0.25, 0.3) is 0 Å². The van der Waals surface area contributed by atoms with Crippen molar-refractivity contribution < 1.29 is 14.4 Å².